The van der Waals surface area contributed by atoms with Crippen molar-refractivity contribution in [3.63, 3.8) is 0 Å². The first-order chi connectivity index (χ1) is 20.2. The van der Waals surface area contributed by atoms with Gasteiger partial charge in [-0.3, -0.25) is 19.2 Å². The van der Waals surface area contributed by atoms with E-state index in [1.54, 1.807) is 36.4 Å². The SMILES string of the molecule is COc1c(NC(=O)C(=O)c2ccc(OCCN3CC(C)OC(C)C3)c3ccccc23)cc(C(C)(C)C)cc1NS(C)(=O)=O. The van der Waals surface area contributed by atoms with E-state index >= 15 is 0 Å². The molecule has 1 aliphatic heterocycles. The van der Waals surface area contributed by atoms with Crippen LogP contribution in [-0.4, -0.2) is 76.8 Å². The maximum atomic E-state index is 13.5. The number of amides is 1. The molecule has 3 aromatic rings. The predicted molar refractivity (Wildman–Crippen MR) is 169 cm³/mol. The van der Waals surface area contributed by atoms with Gasteiger partial charge in [0.05, 0.1) is 36.9 Å². The highest BCUT2D eigenvalue weighted by atomic mass is 32.2. The van der Waals surface area contributed by atoms with Gasteiger partial charge < -0.3 is 19.5 Å². The molecule has 3 aromatic carbocycles. The van der Waals surface area contributed by atoms with Gasteiger partial charge >= 0.3 is 0 Å². The lowest BCUT2D eigenvalue weighted by molar-refractivity contribution is -0.112. The minimum Gasteiger partial charge on any atom is -0.492 e. The van der Waals surface area contributed by atoms with Crippen LogP contribution in [0.15, 0.2) is 48.5 Å². The molecule has 1 saturated heterocycles. The predicted octanol–water partition coefficient (Wildman–Crippen LogP) is 4.83. The van der Waals surface area contributed by atoms with Crippen LogP contribution in [-0.2, 0) is 25.0 Å². The van der Waals surface area contributed by atoms with Crippen LogP contribution in [0.4, 0.5) is 11.4 Å². The van der Waals surface area contributed by atoms with E-state index in [-0.39, 0.29) is 34.9 Å². The van der Waals surface area contributed by atoms with Gasteiger partial charge in [0, 0.05) is 30.6 Å². The molecule has 1 amide bonds. The van der Waals surface area contributed by atoms with E-state index in [9.17, 15) is 18.0 Å². The van der Waals surface area contributed by atoms with Crippen molar-refractivity contribution in [3.05, 3.63) is 59.7 Å². The molecular weight excluding hydrogens is 570 g/mol. The van der Waals surface area contributed by atoms with Crippen molar-refractivity contribution >= 4 is 43.9 Å². The average molecular weight is 612 g/mol. The third kappa shape index (κ3) is 8.04. The number of ketones is 1. The first-order valence-corrected chi connectivity index (χ1v) is 16.1. The number of hydrogen-bond acceptors (Lipinski definition) is 8. The van der Waals surface area contributed by atoms with Crippen molar-refractivity contribution in [2.75, 3.05) is 49.6 Å². The summed E-state index contributed by atoms with van der Waals surface area (Å²) in [5.41, 5.74) is 0.893. The number of Topliss-reactive ketones (excluding diaryl/α,β-unsaturated/α-hetero) is 1. The van der Waals surface area contributed by atoms with Crippen molar-refractivity contribution in [2.45, 2.75) is 52.2 Å². The number of nitrogens with one attached hydrogen (secondary N) is 2. The number of ether oxygens (including phenoxy) is 3. The Hall–Kier alpha value is -3.67. The van der Waals surface area contributed by atoms with Crippen LogP contribution in [0.25, 0.3) is 10.8 Å². The van der Waals surface area contributed by atoms with Crippen LogP contribution < -0.4 is 19.5 Å². The molecule has 232 valence electrons. The van der Waals surface area contributed by atoms with Crippen LogP contribution in [0.1, 0.15) is 50.5 Å². The monoisotopic (exact) mass is 611 g/mol. The summed E-state index contributed by atoms with van der Waals surface area (Å²) in [5, 5.41) is 3.97. The number of anilines is 2. The fourth-order valence-electron chi connectivity index (χ4n) is 5.30. The largest absolute Gasteiger partial charge is 0.492 e. The first kappa shape index (κ1) is 32.2. The molecule has 1 aliphatic rings. The van der Waals surface area contributed by atoms with Crippen molar-refractivity contribution in [3.8, 4) is 11.5 Å². The van der Waals surface area contributed by atoms with Crippen molar-refractivity contribution < 1.29 is 32.2 Å². The Morgan fingerprint density at radius 1 is 1.00 bits per heavy atom. The maximum absolute atomic E-state index is 13.5. The molecule has 0 spiro atoms. The number of rotatable bonds is 10. The van der Waals surface area contributed by atoms with E-state index in [1.807, 2.05) is 32.9 Å². The summed E-state index contributed by atoms with van der Waals surface area (Å²) in [7, 11) is -2.29. The van der Waals surface area contributed by atoms with Gasteiger partial charge in [-0.05, 0) is 54.5 Å². The molecular formula is C32H41N3O7S. The molecule has 1 heterocycles. The van der Waals surface area contributed by atoms with Crippen LogP contribution in [0.3, 0.4) is 0 Å². The molecule has 2 atom stereocenters. The standard InChI is InChI=1S/C32H41N3O7S/c1-20-18-35(19-21(2)42-20)14-15-41-28-13-12-25(23-10-8-9-11-24(23)28)29(36)31(37)33-26-16-22(32(3,4)5)17-27(30(26)40-6)34-43(7,38)39/h8-13,16-17,20-21,34H,14-15,18-19H2,1-7H3,(H,33,37). The number of nitrogens with zero attached hydrogens (tertiary/aromatic N) is 1. The second-order valence-corrected chi connectivity index (χ2v) is 13.8. The summed E-state index contributed by atoms with van der Waals surface area (Å²) in [6.45, 7) is 12.9. The molecule has 0 radical (unpaired) electrons. The molecule has 1 fully saturated rings. The van der Waals surface area contributed by atoms with Gasteiger partial charge in [-0.1, -0.05) is 45.0 Å². The molecule has 4 rings (SSSR count). The molecule has 2 unspecified atom stereocenters. The maximum Gasteiger partial charge on any atom is 0.296 e. The highest BCUT2D eigenvalue weighted by Gasteiger charge is 2.26. The lowest BCUT2D eigenvalue weighted by Gasteiger charge is -2.35. The van der Waals surface area contributed by atoms with Gasteiger partial charge in [0.15, 0.2) is 5.75 Å². The zero-order valence-corrected chi connectivity index (χ0v) is 26.6. The molecule has 10 nitrogen and oxygen atoms in total. The Morgan fingerprint density at radius 2 is 1.63 bits per heavy atom. The molecule has 0 aromatic heterocycles. The quantitative estimate of drug-likeness (QED) is 0.247. The lowest BCUT2D eigenvalue weighted by atomic mass is 9.86. The van der Waals surface area contributed by atoms with Crippen molar-refractivity contribution in [2.24, 2.45) is 0 Å². The third-order valence-corrected chi connectivity index (χ3v) is 7.79. The van der Waals surface area contributed by atoms with Crippen LogP contribution in [0, 0.1) is 0 Å². The Labute approximate surface area is 253 Å². The molecule has 2 N–H and O–H groups in total. The topological polar surface area (TPSA) is 123 Å². The average Bonchev–Trinajstić information content (AvgIpc) is 2.90. The molecule has 0 saturated carbocycles. The fourth-order valence-corrected chi connectivity index (χ4v) is 5.85. The first-order valence-electron chi connectivity index (χ1n) is 14.2. The summed E-state index contributed by atoms with van der Waals surface area (Å²) in [6.07, 6.45) is 1.36. The normalized spacial score (nSPS) is 17.8. The van der Waals surface area contributed by atoms with Gasteiger partial charge in [0.2, 0.25) is 10.0 Å². The Morgan fingerprint density at radius 3 is 2.23 bits per heavy atom. The van der Waals surface area contributed by atoms with Crippen LogP contribution in [0.5, 0.6) is 11.5 Å². The molecule has 43 heavy (non-hydrogen) atoms. The summed E-state index contributed by atoms with van der Waals surface area (Å²) in [4.78, 5) is 29.2. The van der Waals surface area contributed by atoms with Crippen molar-refractivity contribution in [1.82, 2.24) is 4.90 Å². The number of morpholine rings is 1. The number of methoxy groups -OCH3 is 1. The number of hydrogen-bond donors (Lipinski definition) is 2. The van der Waals surface area contributed by atoms with E-state index in [0.717, 1.165) is 36.8 Å². The van der Waals surface area contributed by atoms with E-state index in [4.69, 9.17) is 14.2 Å². The molecule has 0 aliphatic carbocycles. The van der Waals surface area contributed by atoms with E-state index < -0.39 is 27.1 Å². The highest BCUT2D eigenvalue weighted by molar-refractivity contribution is 7.92. The summed E-state index contributed by atoms with van der Waals surface area (Å²) in [6, 6.07) is 13.9. The fraction of sp³-hybridized carbons (Fsp3) is 0.438. The highest BCUT2D eigenvalue weighted by Crippen LogP contribution is 2.39. The smallest absolute Gasteiger partial charge is 0.296 e. The van der Waals surface area contributed by atoms with E-state index in [0.29, 0.717) is 17.7 Å². The number of sulfonamides is 1. The lowest BCUT2D eigenvalue weighted by Crippen LogP contribution is -2.46. The molecule has 11 heteroatoms. The van der Waals surface area contributed by atoms with E-state index in [1.165, 1.54) is 7.11 Å². The zero-order chi connectivity index (χ0) is 31.5. The summed E-state index contributed by atoms with van der Waals surface area (Å²) >= 11 is 0. The van der Waals surface area contributed by atoms with Gasteiger partial charge in [-0.25, -0.2) is 8.42 Å². The van der Waals surface area contributed by atoms with E-state index in [2.05, 4.69) is 28.8 Å². The number of fused-ring (bicyclic) bond motifs is 1. The van der Waals surface area contributed by atoms with Crippen LogP contribution in [0.2, 0.25) is 0 Å². The second-order valence-electron chi connectivity index (χ2n) is 12.0. The zero-order valence-electron chi connectivity index (χ0n) is 25.8. The minimum absolute atomic E-state index is 0.0947. The van der Waals surface area contributed by atoms with Crippen LogP contribution >= 0.6 is 0 Å². The van der Waals surface area contributed by atoms with Gasteiger partial charge in [0.1, 0.15) is 12.4 Å². The Bertz CT molecular complexity index is 1610. The van der Waals surface area contributed by atoms with Gasteiger partial charge in [0.25, 0.3) is 11.7 Å². The van der Waals surface area contributed by atoms with Crippen molar-refractivity contribution in [1.29, 1.82) is 0 Å². The van der Waals surface area contributed by atoms with Gasteiger partial charge in [-0.15, -0.1) is 0 Å². The Balaban J connectivity index is 1.58. The number of carbonyl (C=O) groups excluding carboxylic acids is 2. The van der Waals surface area contributed by atoms with Gasteiger partial charge in [-0.2, -0.15) is 0 Å². The minimum atomic E-state index is -3.65. The second kappa shape index (κ2) is 12.9. The number of benzene rings is 3. The summed E-state index contributed by atoms with van der Waals surface area (Å²) in [5.74, 6) is -0.917. The third-order valence-electron chi connectivity index (χ3n) is 7.20. The molecule has 0 bridgehead atoms. The Kier molecular flexibility index (Phi) is 9.68. The summed E-state index contributed by atoms with van der Waals surface area (Å²) < 4.78 is 44.0. The number of carbonyl (C=O) groups is 2.